The van der Waals surface area contributed by atoms with Gasteiger partial charge in [0.15, 0.2) is 0 Å². The minimum atomic E-state index is 0. The van der Waals surface area contributed by atoms with Gasteiger partial charge in [0, 0.05) is 22.1 Å². The molecule has 0 atom stereocenters. The fourth-order valence-corrected chi connectivity index (χ4v) is 2.94. The number of aromatic nitrogens is 4. The summed E-state index contributed by atoms with van der Waals surface area (Å²) in [5.41, 5.74) is 7.86. The first-order valence-corrected chi connectivity index (χ1v) is 7.85. The highest BCUT2D eigenvalue weighted by Crippen LogP contribution is 2.16. The maximum absolute atomic E-state index is 4.63. The summed E-state index contributed by atoms with van der Waals surface area (Å²) in [7, 11) is 0. The number of H-pyrrole nitrogens is 2. The molecule has 0 saturated heterocycles. The third-order valence-corrected chi connectivity index (χ3v) is 4.04. The Morgan fingerprint density at radius 2 is 0.760 bits per heavy atom. The highest BCUT2D eigenvalue weighted by molar-refractivity contribution is 5.77. The smallest absolute Gasteiger partial charge is 0.0658 e. The van der Waals surface area contributed by atoms with Crippen LogP contribution in [0.15, 0.2) is 48.5 Å². The molecule has 5 nitrogen and oxygen atoms in total. The minimum absolute atomic E-state index is 0. The molecule has 3 aromatic rings. The molecule has 2 aliphatic rings. The maximum Gasteiger partial charge on any atom is 0.0658 e. The van der Waals surface area contributed by atoms with Crippen molar-refractivity contribution in [1.29, 1.82) is 0 Å². The lowest BCUT2D eigenvalue weighted by Crippen LogP contribution is -1.75. The third-order valence-electron chi connectivity index (χ3n) is 4.04. The summed E-state index contributed by atoms with van der Waals surface area (Å²) in [6, 6.07) is 16.4. The van der Waals surface area contributed by atoms with Gasteiger partial charge in [0.25, 0.3) is 0 Å². The fourth-order valence-electron chi connectivity index (χ4n) is 2.94. The van der Waals surface area contributed by atoms with E-state index in [1.807, 2.05) is 48.6 Å². The molecule has 5 heterocycles. The first kappa shape index (κ1) is 15.1. The van der Waals surface area contributed by atoms with E-state index in [1.165, 1.54) is 0 Å². The van der Waals surface area contributed by atoms with Gasteiger partial charge in [0.2, 0.25) is 0 Å². The molecular formula is C20H16N4O. The predicted octanol–water partition coefficient (Wildman–Crippen LogP) is 3.83. The summed E-state index contributed by atoms with van der Waals surface area (Å²) in [4.78, 5) is 16.0. The first-order chi connectivity index (χ1) is 11.8. The van der Waals surface area contributed by atoms with Crippen molar-refractivity contribution in [3.8, 4) is 0 Å². The standard InChI is InChI=1S/C20H14N4.H2O/c1-2-14-10-16-5-6-18(23-16)12-20-8-7-19(24-20)11-17-4-3-15(22-17)9-13(1)21-14;/h1-12,21,24H;1H2. The molecule has 4 N–H and O–H groups in total. The number of hydrogen-bond acceptors (Lipinski definition) is 2. The number of hydrogen-bond donors (Lipinski definition) is 2. The van der Waals surface area contributed by atoms with E-state index >= 15 is 0 Å². The van der Waals surface area contributed by atoms with Gasteiger partial charge in [0.05, 0.1) is 22.8 Å². The summed E-state index contributed by atoms with van der Waals surface area (Å²) in [6.07, 6.45) is 8.09. The van der Waals surface area contributed by atoms with E-state index in [9.17, 15) is 0 Å². The summed E-state index contributed by atoms with van der Waals surface area (Å²) in [5.74, 6) is 0. The van der Waals surface area contributed by atoms with E-state index in [4.69, 9.17) is 0 Å². The molecule has 0 aliphatic carbocycles. The van der Waals surface area contributed by atoms with Crippen molar-refractivity contribution in [2.24, 2.45) is 0 Å². The highest BCUT2D eigenvalue weighted by Gasteiger charge is 2.00. The molecule has 25 heavy (non-hydrogen) atoms. The van der Waals surface area contributed by atoms with Gasteiger partial charge >= 0.3 is 0 Å². The van der Waals surface area contributed by atoms with Gasteiger partial charge in [-0.15, -0.1) is 0 Å². The van der Waals surface area contributed by atoms with E-state index in [0.29, 0.717) is 0 Å². The lowest BCUT2D eigenvalue weighted by Gasteiger charge is -1.85. The monoisotopic (exact) mass is 328 g/mol. The lowest BCUT2D eigenvalue weighted by atomic mass is 10.3. The van der Waals surface area contributed by atoms with Gasteiger partial charge in [-0.25, -0.2) is 9.97 Å². The van der Waals surface area contributed by atoms with Crippen molar-refractivity contribution in [2.75, 3.05) is 0 Å². The Bertz CT molecular complexity index is 990. The van der Waals surface area contributed by atoms with Crippen LogP contribution < -0.4 is 0 Å². The van der Waals surface area contributed by atoms with Gasteiger partial charge in [-0.3, -0.25) is 0 Å². The summed E-state index contributed by atoms with van der Waals surface area (Å²) in [5, 5.41) is 0. The predicted molar refractivity (Wildman–Crippen MR) is 102 cm³/mol. The summed E-state index contributed by atoms with van der Waals surface area (Å²) < 4.78 is 0. The summed E-state index contributed by atoms with van der Waals surface area (Å²) >= 11 is 0. The Balaban J connectivity index is 0.00000157. The number of rotatable bonds is 0. The Morgan fingerprint density at radius 3 is 1.04 bits per heavy atom. The van der Waals surface area contributed by atoms with Gasteiger partial charge in [-0.1, -0.05) is 0 Å². The van der Waals surface area contributed by atoms with Crippen molar-refractivity contribution in [1.82, 2.24) is 19.9 Å². The van der Waals surface area contributed by atoms with Crippen LogP contribution in [0.5, 0.6) is 0 Å². The second kappa shape index (κ2) is 5.89. The Hall–Kier alpha value is -3.44. The zero-order valence-electron chi connectivity index (χ0n) is 13.3. The van der Waals surface area contributed by atoms with Gasteiger partial charge in [-0.2, -0.15) is 0 Å². The lowest BCUT2D eigenvalue weighted by molar-refractivity contribution is 0.824. The number of nitrogens with zero attached hydrogens (tertiary/aromatic N) is 2. The van der Waals surface area contributed by atoms with Crippen molar-refractivity contribution < 1.29 is 5.48 Å². The normalized spacial score (nSPS) is 12.2. The minimum Gasteiger partial charge on any atom is -0.412 e. The molecule has 0 amide bonds. The number of aromatic amines is 2. The zero-order chi connectivity index (χ0) is 15.9. The maximum atomic E-state index is 4.63. The van der Waals surface area contributed by atoms with Crippen LogP contribution in [0.4, 0.5) is 0 Å². The zero-order valence-corrected chi connectivity index (χ0v) is 13.3. The molecule has 0 radical (unpaired) electrons. The van der Waals surface area contributed by atoms with Crippen LogP contribution in [-0.4, -0.2) is 25.4 Å². The molecular weight excluding hydrogens is 312 g/mol. The SMILES string of the molecule is C1=Cc2cc3ccc(cc4nc(cc5ccc(cc1n2)[nH]5)C=C4)[nH]3.O. The van der Waals surface area contributed by atoms with E-state index in [1.54, 1.807) is 0 Å². The Morgan fingerprint density at radius 1 is 0.480 bits per heavy atom. The van der Waals surface area contributed by atoms with Crippen LogP contribution in [0, 0.1) is 0 Å². The number of fused-ring (bicyclic) bond motifs is 8. The Labute approximate surface area is 143 Å². The molecule has 0 saturated carbocycles. The largest absolute Gasteiger partial charge is 0.412 e. The van der Waals surface area contributed by atoms with Crippen LogP contribution in [0.2, 0.25) is 0 Å². The fraction of sp³-hybridized carbons (Fsp3) is 0. The van der Waals surface area contributed by atoms with Gasteiger partial charge < -0.3 is 15.4 Å². The molecule has 0 fully saturated rings. The van der Waals surface area contributed by atoms with Crippen molar-refractivity contribution in [2.45, 2.75) is 0 Å². The van der Waals surface area contributed by atoms with Crippen molar-refractivity contribution in [3.05, 3.63) is 71.3 Å². The van der Waals surface area contributed by atoms with Crippen LogP contribution in [0.25, 0.3) is 46.4 Å². The van der Waals surface area contributed by atoms with E-state index in [-0.39, 0.29) is 5.48 Å². The molecule has 0 unspecified atom stereocenters. The van der Waals surface area contributed by atoms with E-state index in [2.05, 4.69) is 44.2 Å². The van der Waals surface area contributed by atoms with Gasteiger partial charge in [-0.05, 0) is 72.8 Å². The average molecular weight is 328 g/mol. The van der Waals surface area contributed by atoms with E-state index in [0.717, 1.165) is 44.8 Å². The molecule has 0 spiro atoms. The van der Waals surface area contributed by atoms with E-state index < -0.39 is 0 Å². The van der Waals surface area contributed by atoms with Crippen molar-refractivity contribution >= 4 is 46.4 Å². The van der Waals surface area contributed by atoms with Crippen LogP contribution in [0.3, 0.4) is 0 Å². The second-order valence-electron chi connectivity index (χ2n) is 5.91. The highest BCUT2D eigenvalue weighted by atomic mass is 16.0. The van der Waals surface area contributed by atoms with Gasteiger partial charge in [0.1, 0.15) is 0 Å². The molecule has 3 aromatic heterocycles. The topological polar surface area (TPSA) is 88.9 Å². The van der Waals surface area contributed by atoms with Crippen molar-refractivity contribution in [3.63, 3.8) is 0 Å². The average Bonchev–Trinajstić information content (AvgIpc) is 3.32. The molecule has 8 bridgehead atoms. The molecule has 122 valence electrons. The quantitative estimate of drug-likeness (QED) is 0.452. The molecule has 5 heteroatoms. The molecule has 2 aliphatic heterocycles. The second-order valence-corrected chi connectivity index (χ2v) is 5.91. The third kappa shape index (κ3) is 3.00. The van der Waals surface area contributed by atoms with Crippen LogP contribution >= 0.6 is 0 Å². The molecule has 0 aromatic carbocycles. The molecule has 5 rings (SSSR count). The number of nitrogens with one attached hydrogen (secondary N) is 2. The van der Waals surface area contributed by atoms with Crippen LogP contribution in [0.1, 0.15) is 22.8 Å². The Kier molecular flexibility index (Phi) is 3.56. The van der Waals surface area contributed by atoms with Crippen LogP contribution in [-0.2, 0) is 0 Å². The summed E-state index contributed by atoms with van der Waals surface area (Å²) in [6.45, 7) is 0. The first-order valence-electron chi connectivity index (χ1n) is 7.85.